The maximum atomic E-state index is 13.2. The molecule has 14 heavy (non-hydrogen) atoms. The Bertz CT molecular complexity index is 317. The molecule has 0 aliphatic heterocycles. The minimum absolute atomic E-state index is 0.0575. The zero-order chi connectivity index (χ0) is 10.6. The van der Waals surface area contributed by atoms with Crippen molar-refractivity contribution in [2.45, 2.75) is 6.61 Å². The summed E-state index contributed by atoms with van der Waals surface area (Å²) in [6.07, 6.45) is 0. The van der Waals surface area contributed by atoms with Crippen LogP contribution < -0.4 is 15.4 Å². The quantitative estimate of drug-likeness (QED) is 0.744. The Morgan fingerprint density at radius 1 is 1.21 bits per heavy atom. The number of benzene rings is 1. The summed E-state index contributed by atoms with van der Waals surface area (Å²) in [6.45, 7) is 0.139. The predicted octanol–water partition coefficient (Wildman–Crippen LogP) is 1.23. The molecule has 0 radical (unpaired) electrons. The average Bonchev–Trinajstić information content (AvgIpc) is 2.20. The van der Waals surface area contributed by atoms with Crippen LogP contribution in [-0.2, 0) is 11.4 Å². The SMILES string of the molecule is COc1c(F)ccc(CON)c1OC. The Kier molecular flexibility index (Phi) is 3.67. The maximum Gasteiger partial charge on any atom is 0.197 e. The zero-order valence-corrected chi connectivity index (χ0v) is 8.04. The second kappa shape index (κ2) is 4.78. The molecule has 0 amide bonds. The number of hydrogen-bond donors (Lipinski definition) is 1. The highest BCUT2D eigenvalue weighted by Gasteiger charge is 2.14. The van der Waals surface area contributed by atoms with E-state index in [1.807, 2.05) is 0 Å². The highest BCUT2D eigenvalue weighted by atomic mass is 19.1. The summed E-state index contributed by atoms with van der Waals surface area (Å²) in [6, 6.07) is 2.80. The Morgan fingerprint density at radius 3 is 2.36 bits per heavy atom. The first-order valence-corrected chi connectivity index (χ1v) is 3.95. The third-order valence-corrected chi connectivity index (χ3v) is 1.79. The van der Waals surface area contributed by atoms with Gasteiger partial charge in [-0.05, 0) is 12.1 Å². The summed E-state index contributed by atoms with van der Waals surface area (Å²) < 4.78 is 23.0. The molecule has 5 heteroatoms. The van der Waals surface area contributed by atoms with Crippen molar-refractivity contribution in [3.8, 4) is 11.5 Å². The Morgan fingerprint density at radius 2 is 1.86 bits per heavy atom. The van der Waals surface area contributed by atoms with Gasteiger partial charge in [-0.15, -0.1) is 0 Å². The van der Waals surface area contributed by atoms with Crippen molar-refractivity contribution in [2.75, 3.05) is 14.2 Å². The van der Waals surface area contributed by atoms with Gasteiger partial charge in [0.1, 0.15) is 0 Å². The molecule has 0 unspecified atom stereocenters. The van der Waals surface area contributed by atoms with Crippen LogP contribution in [0.4, 0.5) is 4.39 Å². The molecule has 0 bridgehead atoms. The van der Waals surface area contributed by atoms with Crippen LogP contribution in [0.25, 0.3) is 0 Å². The molecule has 4 nitrogen and oxygen atoms in total. The van der Waals surface area contributed by atoms with Gasteiger partial charge in [-0.25, -0.2) is 10.3 Å². The summed E-state index contributed by atoms with van der Waals surface area (Å²) in [7, 11) is 2.80. The van der Waals surface area contributed by atoms with Gasteiger partial charge < -0.3 is 9.47 Å². The lowest BCUT2D eigenvalue weighted by molar-refractivity contribution is 0.121. The molecule has 78 valence electrons. The van der Waals surface area contributed by atoms with Crippen LogP contribution in [-0.4, -0.2) is 14.2 Å². The van der Waals surface area contributed by atoms with Crippen LogP contribution in [0.2, 0.25) is 0 Å². The Balaban J connectivity index is 3.18. The van der Waals surface area contributed by atoms with E-state index in [4.69, 9.17) is 15.4 Å². The molecule has 1 aromatic rings. The standard InChI is InChI=1S/C9H12FNO3/c1-12-8-6(5-14-11)3-4-7(10)9(8)13-2/h3-4H,5,11H2,1-2H3. The fraction of sp³-hybridized carbons (Fsp3) is 0.333. The first-order valence-electron chi connectivity index (χ1n) is 3.95. The van der Waals surface area contributed by atoms with Crippen molar-refractivity contribution >= 4 is 0 Å². The van der Waals surface area contributed by atoms with Gasteiger partial charge in [-0.2, -0.15) is 0 Å². The highest BCUT2D eigenvalue weighted by Crippen LogP contribution is 2.33. The van der Waals surface area contributed by atoms with Crippen molar-refractivity contribution in [2.24, 2.45) is 5.90 Å². The number of nitrogens with two attached hydrogens (primary N) is 1. The topological polar surface area (TPSA) is 53.7 Å². The fourth-order valence-electron chi connectivity index (χ4n) is 1.20. The summed E-state index contributed by atoms with van der Waals surface area (Å²) in [5, 5.41) is 0. The Hall–Kier alpha value is -1.33. The molecule has 0 atom stereocenters. The van der Waals surface area contributed by atoms with Gasteiger partial charge in [0, 0.05) is 5.56 Å². The minimum Gasteiger partial charge on any atom is -0.492 e. The molecule has 1 aromatic carbocycles. The lowest BCUT2D eigenvalue weighted by Gasteiger charge is -2.12. The van der Waals surface area contributed by atoms with Gasteiger partial charge in [0.15, 0.2) is 17.3 Å². The van der Waals surface area contributed by atoms with Gasteiger partial charge in [-0.3, -0.25) is 4.84 Å². The molecule has 0 aliphatic carbocycles. The van der Waals surface area contributed by atoms with Gasteiger partial charge in [0.05, 0.1) is 20.8 Å². The van der Waals surface area contributed by atoms with E-state index in [1.165, 1.54) is 26.4 Å². The first kappa shape index (κ1) is 10.7. The van der Waals surface area contributed by atoms with E-state index in [1.54, 1.807) is 0 Å². The smallest absolute Gasteiger partial charge is 0.197 e. The molecule has 0 saturated heterocycles. The second-order valence-electron chi connectivity index (χ2n) is 2.58. The first-order chi connectivity index (χ1) is 6.74. The van der Waals surface area contributed by atoms with Gasteiger partial charge in [0.2, 0.25) is 0 Å². The van der Waals surface area contributed by atoms with Crippen molar-refractivity contribution in [3.05, 3.63) is 23.5 Å². The van der Waals surface area contributed by atoms with E-state index in [-0.39, 0.29) is 12.4 Å². The third kappa shape index (κ3) is 1.94. The van der Waals surface area contributed by atoms with Crippen LogP contribution in [0.1, 0.15) is 5.56 Å². The van der Waals surface area contributed by atoms with E-state index < -0.39 is 5.82 Å². The molecule has 0 fully saturated rings. The summed E-state index contributed by atoms with van der Waals surface area (Å²) in [5.74, 6) is 4.80. The molecule has 0 aliphatic rings. The summed E-state index contributed by atoms with van der Waals surface area (Å²) >= 11 is 0. The van der Waals surface area contributed by atoms with Crippen molar-refractivity contribution in [1.82, 2.24) is 0 Å². The monoisotopic (exact) mass is 201 g/mol. The molecular weight excluding hydrogens is 189 g/mol. The normalized spacial score (nSPS) is 10.0. The van der Waals surface area contributed by atoms with Crippen LogP contribution in [0.15, 0.2) is 12.1 Å². The van der Waals surface area contributed by atoms with Gasteiger partial charge in [0.25, 0.3) is 0 Å². The van der Waals surface area contributed by atoms with E-state index in [2.05, 4.69) is 4.84 Å². The highest BCUT2D eigenvalue weighted by molar-refractivity contribution is 5.47. The third-order valence-electron chi connectivity index (χ3n) is 1.79. The van der Waals surface area contributed by atoms with E-state index >= 15 is 0 Å². The largest absolute Gasteiger partial charge is 0.492 e. The zero-order valence-electron chi connectivity index (χ0n) is 8.04. The fourth-order valence-corrected chi connectivity index (χ4v) is 1.20. The summed E-state index contributed by atoms with van der Waals surface area (Å²) in [5.41, 5.74) is 0.633. The van der Waals surface area contributed by atoms with Gasteiger partial charge in [-0.1, -0.05) is 0 Å². The second-order valence-corrected chi connectivity index (χ2v) is 2.58. The molecule has 0 aromatic heterocycles. The minimum atomic E-state index is -0.481. The van der Waals surface area contributed by atoms with Crippen molar-refractivity contribution < 1.29 is 18.7 Å². The van der Waals surface area contributed by atoms with E-state index in [0.717, 1.165) is 0 Å². The number of ether oxygens (including phenoxy) is 2. The Labute approximate surface area is 81.3 Å². The maximum absolute atomic E-state index is 13.2. The molecule has 0 saturated carbocycles. The molecule has 1 rings (SSSR count). The number of halogens is 1. The van der Waals surface area contributed by atoms with E-state index in [0.29, 0.717) is 11.3 Å². The molecule has 2 N–H and O–H groups in total. The molecular formula is C9H12FNO3. The van der Waals surface area contributed by atoms with Crippen molar-refractivity contribution in [1.29, 1.82) is 0 Å². The van der Waals surface area contributed by atoms with Gasteiger partial charge >= 0.3 is 0 Å². The van der Waals surface area contributed by atoms with Crippen LogP contribution >= 0.6 is 0 Å². The summed E-state index contributed by atoms with van der Waals surface area (Å²) in [4.78, 5) is 4.45. The number of rotatable bonds is 4. The number of methoxy groups -OCH3 is 2. The lowest BCUT2D eigenvalue weighted by atomic mass is 10.2. The van der Waals surface area contributed by atoms with Crippen LogP contribution in [0.3, 0.4) is 0 Å². The van der Waals surface area contributed by atoms with E-state index in [9.17, 15) is 4.39 Å². The van der Waals surface area contributed by atoms with Crippen LogP contribution in [0.5, 0.6) is 11.5 Å². The van der Waals surface area contributed by atoms with Crippen molar-refractivity contribution in [3.63, 3.8) is 0 Å². The molecule has 0 heterocycles. The average molecular weight is 201 g/mol. The number of hydrogen-bond acceptors (Lipinski definition) is 4. The lowest BCUT2D eigenvalue weighted by Crippen LogP contribution is -2.03. The molecule has 0 spiro atoms. The van der Waals surface area contributed by atoms with Crippen LogP contribution in [0, 0.1) is 5.82 Å². The predicted molar refractivity (Wildman–Crippen MR) is 48.5 cm³/mol.